The summed E-state index contributed by atoms with van der Waals surface area (Å²) in [7, 11) is 1.54. The van der Waals surface area contributed by atoms with Crippen LogP contribution in [0.25, 0.3) is 11.0 Å². The van der Waals surface area contributed by atoms with Crippen molar-refractivity contribution < 1.29 is 14.3 Å². The van der Waals surface area contributed by atoms with Gasteiger partial charge in [0.15, 0.2) is 30.2 Å². The molecule has 0 radical (unpaired) electrons. The molecular formula is C24H21ClN6O3. The topological polar surface area (TPSA) is 116 Å². The van der Waals surface area contributed by atoms with Gasteiger partial charge < -0.3 is 20.5 Å². The number of nitrogens with one attached hydrogen (secondary N) is 2. The number of aliphatic imine (C=N–C) groups is 1. The molecule has 1 atom stereocenters. The zero-order chi connectivity index (χ0) is 23.7. The number of methoxy groups -OCH3 is 1. The third-order valence-electron chi connectivity index (χ3n) is 5.33. The Morgan fingerprint density at radius 1 is 1.15 bits per heavy atom. The van der Waals surface area contributed by atoms with Crippen LogP contribution in [0.4, 0.5) is 11.6 Å². The average Bonchev–Trinajstić information content (AvgIpc) is 3.21. The standard InChI is InChI=1S/C24H21ClN6O3/c1-33-20-12-14(10-11-19(20)34-13-21(32)27-16-7-3-2-6-15(16)25)22-29-23(26)30-24-28-17-8-4-5-9-18(17)31(22)24/h2-12,22H,13H2,1H3,(H,27,32)(H3,26,28,29,30)/t22-/m0/s1. The van der Waals surface area contributed by atoms with E-state index < -0.39 is 6.17 Å². The second-order valence-corrected chi connectivity index (χ2v) is 7.94. The molecule has 0 bridgehead atoms. The van der Waals surface area contributed by atoms with Gasteiger partial charge in [0.1, 0.15) is 0 Å². The van der Waals surface area contributed by atoms with E-state index in [2.05, 4.69) is 20.6 Å². The molecule has 1 aliphatic heterocycles. The Hall–Kier alpha value is -4.24. The maximum Gasteiger partial charge on any atom is 0.262 e. The predicted molar refractivity (Wildman–Crippen MR) is 132 cm³/mol. The normalized spacial score (nSPS) is 14.6. The number of nitrogens with two attached hydrogens (primary N) is 1. The van der Waals surface area contributed by atoms with Crippen molar-refractivity contribution in [2.24, 2.45) is 10.7 Å². The van der Waals surface area contributed by atoms with Crippen LogP contribution in [-0.2, 0) is 4.79 Å². The molecule has 172 valence electrons. The molecule has 1 amide bonds. The second-order valence-electron chi connectivity index (χ2n) is 7.53. The van der Waals surface area contributed by atoms with E-state index in [-0.39, 0.29) is 18.5 Å². The lowest BCUT2D eigenvalue weighted by Gasteiger charge is -2.24. The van der Waals surface area contributed by atoms with E-state index in [0.717, 1.165) is 16.6 Å². The first kappa shape index (κ1) is 21.6. The number of ether oxygens (including phenoxy) is 2. The molecule has 10 heteroatoms. The minimum atomic E-state index is -0.449. The molecule has 4 aromatic rings. The molecule has 0 fully saturated rings. The lowest BCUT2D eigenvalue weighted by Crippen LogP contribution is -2.31. The van der Waals surface area contributed by atoms with Gasteiger partial charge in [-0.1, -0.05) is 41.9 Å². The summed E-state index contributed by atoms with van der Waals surface area (Å²) in [5, 5.41) is 6.19. The maximum atomic E-state index is 12.3. The number of aromatic nitrogens is 2. The van der Waals surface area contributed by atoms with Gasteiger partial charge in [0.25, 0.3) is 5.91 Å². The van der Waals surface area contributed by atoms with Crippen molar-refractivity contribution in [2.75, 3.05) is 24.4 Å². The first-order valence-electron chi connectivity index (χ1n) is 10.5. The number of para-hydroxylation sites is 3. The van der Waals surface area contributed by atoms with Gasteiger partial charge in [-0.3, -0.25) is 14.7 Å². The molecule has 2 heterocycles. The number of fused-ring (bicyclic) bond motifs is 3. The summed E-state index contributed by atoms with van der Waals surface area (Å²) in [4.78, 5) is 21.5. The van der Waals surface area contributed by atoms with Crippen LogP contribution in [-0.4, -0.2) is 35.1 Å². The van der Waals surface area contributed by atoms with Gasteiger partial charge in [-0.05, 0) is 36.4 Å². The summed E-state index contributed by atoms with van der Waals surface area (Å²) in [6, 6.07) is 20.2. The zero-order valence-corrected chi connectivity index (χ0v) is 18.9. The zero-order valence-electron chi connectivity index (χ0n) is 18.2. The highest BCUT2D eigenvalue weighted by Crippen LogP contribution is 2.36. The van der Waals surface area contributed by atoms with Crippen molar-refractivity contribution in [2.45, 2.75) is 6.17 Å². The number of hydrogen-bond donors (Lipinski definition) is 3. The van der Waals surface area contributed by atoms with Crippen molar-refractivity contribution in [3.05, 3.63) is 77.3 Å². The molecule has 3 aromatic carbocycles. The number of benzene rings is 3. The number of guanidine groups is 1. The van der Waals surface area contributed by atoms with E-state index in [4.69, 9.17) is 26.8 Å². The van der Waals surface area contributed by atoms with E-state index in [0.29, 0.717) is 28.2 Å². The molecule has 9 nitrogen and oxygen atoms in total. The van der Waals surface area contributed by atoms with Gasteiger partial charge in [-0.15, -0.1) is 0 Å². The molecule has 4 N–H and O–H groups in total. The Labute approximate surface area is 200 Å². The molecule has 34 heavy (non-hydrogen) atoms. The Morgan fingerprint density at radius 3 is 2.76 bits per heavy atom. The second kappa shape index (κ2) is 8.95. The number of halogens is 1. The number of rotatable bonds is 6. The quantitative estimate of drug-likeness (QED) is 0.387. The van der Waals surface area contributed by atoms with Crippen molar-refractivity contribution >= 4 is 46.1 Å². The van der Waals surface area contributed by atoms with Crippen molar-refractivity contribution in [1.29, 1.82) is 0 Å². The summed E-state index contributed by atoms with van der Waals surface area (Å²) in [5.41, 5.74) is 9.11. The van der Waals surface area contributed by atoms with Gasteiger partial charge in [-0.2, -0.15) is 0 Å². The van der Waals surface area contributed by atoms with E-state index >= 15 is 0 Å². The molecule has 0 spiro atoms. The first-order valence-corrected chi connectivity index (χ1v) is 10.8. The maximum absolute atomic E-state index is 12.3. The third kappa shape index (κ3) is 4.08. The van der Waals surface area contributed by atoms with Gasteiger partial charge >= 0.3 is 0 Å². The van der Waals surface area contributed by atoms with Gasteiger partial charge in [0.2, 0.25) is 5.95 Å². The smallest absolute Gasteiger partial charge is 0.262 e. The van der Waals surface area contributed by atoms with E-state index in [1.165, 1.54) is 7.11 Å². The molecule has 1 aromatic heterocycles. The molecule has 0 aliphatic carbocycles. The number of carbonyl (C=O) groups excluding carboxylic acids is 1. The molecule has 1 aliphatic rings. The Kier molecular flexibility index (Phi) is 5.69. The summed E-state index contributed by atoms with van der Waals surface area (Å²) in [6.07, 6.45) is -0.449. The van der Waals surface area contributed by atoms with Crippen LogP contribution in [0.3, 0.4) is 0 Å². The highest BCUT2D eigenvalue weighted by atomic mass is 35.5. The summed E-state index contributed by atoms with van der Waals surface area (Å²) in [5.74, 6) is 1.41. The molecule has 0 saturated carbocycles. The molecular weight excluding hydrogens is 456 g/mol. The van der Waals surface area contributed by atoms with Crippen LogP contribution in [0.2, 0.25) is 5.02 Å². The van der Waals surface area contributed by atoms with Crippen molar-refractivity contribution in [3.63, 3.8) is 0 Å². The fraction of sp³-hybridized carbons (Fsp3) is 0.125. The van der Waals surface area contributed by atoms with Crippen LogP contribution in [0.15, 0.2) is 71.7 Å². The third-order valence-corrected chi connectivity index (χ3v) is 5.66. The SMILES string of the molecule is COc1cc([C@H]2N=C(N)Nc3nc4ccccc4n32)ccc1OCC(=O)Nc1ccccc1Cl. The lowest BCUT2D eigenvalue weighted by molar-refractivity contribution is -0.118. The molecule has 5 rings (SSSR count). The van der Waals surface area contributed by atoms with Crippen molar-refractivity contribution in [1.82, 2.24) is 9.55 Å². The van der Waals surface area contributed by atoms with Crippen LogP contribution in [0, 0.1) is 0 Å². The highest BCUT2D eigenvalue weighted by molar-refractivity contribution is 6.33. The number of imidazole rings is 1. The predicted octanol–water partition coefficient (Wildman–Crippen LogP) is 4.00. The van der Waals surface area contributed by atoms with Gasteiger partial charge in [0.05, 0.1) is 28.9 Å². The highest BCUT2D eigenvalue weighted by Gasteiger charge is 2.26. The Balaban J connectivity index is 1.39. The Morgan fingerprint density at radius 2 is 1.94 bits per heavy atom. The largest absolute Gasteiger partial charge is 0.493 e. The van der Waals surface area contributed by atoms with Crippen LogP contribution in [0.1, 0.15) is 11.7 Å². The first-order chi connectivity index (χ1) is 16.5. The van der Waals surface area contributed by atoms with Crippen LogP contribution in [0.5, 0.6) is 11.5 Å². The van der Waals surface area contributed by atoms with E-state index in [1.54, 1.807) is 30.3 Å². The van der Waals surface area contributed by atoms with Gasteiger partial charge in [-0.25, -0.2) is 9.98 Å². The summed E-state index contributed by atoms with van der Waals surface area (Å²) in [6.45, 7) is -0.213. The fourth-order valence-electron chi connectivity index (χ4n) is 3.80. The minimum Gasteiger partial charge on any atom is -0.493 e. The number of anilines is 2. The minimum absolute atomic E-state index is 0.213. The monoisotopic (exact) mass is 476 g/mol. The summed E-state index contributed by atoms with van der Waals surface area (Å²) >= 11 is 6.09. The Bertz CT molecular complexity index is 1420. The molecule has 0 unspecified atom stereocenters. The van der Waals surface area contributed by atoms with E-state index in [9.17, 15) is 4.79 Å². The van der Waals surface area contributed by atoms with Gasteiger partial charge in [0, 0.05) is 5.56 Å². The lowest BCUT2D eigenvalue weighted by atomic mass is 10.1. The number of nitrogens with zero attached hydrogens (tertiary/aromatic N) is 3. The van der Waals surface area contributed by atoms with Crippen LogP contribution < -0.4 is 25.8 Å². The van der Waals surface area contributed by atoms with Crippen LogP contribution >= 0.6 is 11.6 Å². The van der Waals surface area contributed by atoms with E-state index in [1.807, 2.05) is 41.0 Å². The average molecular weight is 477 g/mol. The number of hydrogen-bond acceptors (Lipinski definition) is 7. The molecule has 0 saturated heterocycles. The summed E-state index contributed by atoms with van der Waals surface area (Å²) < 4.78 is 13.2. The fourth-order valence-corrected chi connectivity index (χ4v) is 3.98. The number of amides is 1. The number of carbonyl (C=O) groups is 1. The van der Waals surface area contributed by atoms with Crippen molar-refractivity contribution in [3.8, 4) is 11.5 Å².